The molecule has 4 nitrogen and oxygen atoms in total. The van der Waals surface area contributed by atoms with E-state index < -0.39 is 11.5 Å². The molecule has 0 spiro atoms. The van der Waals surface area contributed by atoms with Crippen molar-refractivity contribution < 1.29 is 14.3 Å². The lowest BCUT2D eigenvalue weighted by atomic mass is 9.92. The Morgan fingerprint density at radius 3 is 2.41 bits per heavy atom. The number of hydrogen-bond acceptors (Lipinski definition) is 4. The minimum atomic E-state index is -1.29. The number of carbonyl (C=O) groups excluding carboxylic acids is 2. The summed E-state index contributed by atoms with van der Waals surface area (Å²) in [5.41, 5.74) is 0.585. The molecule has 1 unspecified atom stereocenters. The van der Waals surface area contributed by atoms with Crippen molar-refractivity contribution in [2.45, 2.75) is 58.4 Å². The third-order valence-electron chi connectivity index (χ3n) is 3.68. The van der Waals surface area contributed by atoms with Crippen molar-refractivity contribution in [1.82, 2.24) is 0 Å². The van der Waals surface area contributed by atoms with Gasteiger partial charge in [0, 0.05) is 5.69 Å². The van der Waals surface area contributed by atoms with E-state index in [0.717, 1.165) is 36.9 Å². The van der Waals surface area contributed by atoms with Crippen LogP contribution in [0.2, 0.25) is 0 Å². The largest absolute Gasteiger partial charge is 0.464 e. The van der Waals surface area contributed by atoms with Crippen molar-refractivity contribution in [3.05, 3.63) is 29.8 Å². The molecule has 1 aromatic rings. The molecule has 1 N–H and O–H groups in total. The summed E-state index contributed by atoms with van der Waals surface area (Å²) < 4.78 is 5.12. The SMILES string of the molecule is CCCCCCC(C=O)(Nc1ccc(C)cc1)C(=O)OCC. The molecule has 1 aromatic carbocycles. The first-order chi connectivity index (χ1) is 10.6. The van der Waals surface area contributed by atoms with E-state index in [4.69, 9.17) is 4.74 Å². The summed E-state index contributed by atoms with van der Waals surface area (Å²) in [5, 5.41) is 3.09. The molecule has 0 bridgehead atoms. The van der Waals surface area contributed by atoms with Crippen LogP contribution in [0.5, 0.6) is 0 Å². The van der Waals surface area contributed by atoms with Gasteiger partial charge in [-0.3, -0.25) is 0 Å². The minimum Gasteiger partial charge on any atom is -0.464 e. The first-order valence-corrected chi connectivity index (χ1v) is 8.06. The Hall–Kier alpha value is -1.84. The molecule has 1 rings (SSSR count). The maximum Gasteiger partial charge on any atom is 0.339 e. The second-order valence-electron chi connectivity index (χ2n) is 5.61. The monoisotopic (exact) mass is 305 g/mol. The van der Waals surface area contributed by atoms with Gasteiger partial charge in [-0.05, 0) is 32.4 Å². The van der Waals surface area contributed by atoms with E-state index >= 15 is 0 Å². The summed E-state index contributed by atoms with van der Waals surface area (Å²) >= 11 is 0. The molecule has 0 saturated carbocycles. The van der Waals surface area contributed by atoms with Crippen LogP contribution in [-0.2, 0) is 14.3 Å². The Kier molecular flexibility index (Phi) is 7.64. The molecule has 0 saturated heterocycles. The summed E-state index contributed by atoms with van der Waals surface area (Å²) in [6.45, 7) is 6.13. The third kappa shape index (κ3) is 5.17. The van der Waals surface area contributed by atoms with Crippen LogP contribution in [0, 0.1) is 6.92 Å². The molecule has 0 heterocycles. The molecule has 0 aliphatic rings. The number of carbonyl (C=O) groups is 2. The average molecular weight is 305 g/mol. The first kappa shape index (κ1) is 18.2. The predicted octanol–water partition coefficient (Wildman–Crippen LogP) is 3.88. The zero-order chi connectivity index (χ0) is 16.4. The molecular weight excluding hydrogens is 278 g/mol. The van der Waals surface area contributed by atoms with Crippen LogP contribution in [0.4, 0.5) is 5.69 Å². The fraction of sp³-hybridized carbons (Fsp3) is 0.556. The first-order valence-electron chi connectivity index (χ1n) is 8.06. The van der Waals surface area contributed by atoms with Crippen molar-refractivity contribution in [3.63, 3.8) is 0 Å². The zero-order valence-electron chi connectivity index (χ0n) is 13.9. The van der Waals surface area contributed by atoms with Crippen molar-refractivity contribution in [2.75, 3.05) is 11.9 Å². The van der Waals surface area contributed by atoms with E-state index in [1.54, 1.807) is 6.92 Å². The van der Waals surface area contributed by atoms with E-state index in [-0.39, 0.29) is 6.61 Å². The molecule has 0 aliphatic heterocycles. The Morgan fingerprint density at radius 2 is 1.86 bits per heavy atom. The highest BCUT2D eigenvalue weighted by atomic mass is 16.5. The number of esters is 1. The van der Waals surface area contributed by atoms with Gasteiger partial charge < -0.3 is 14.8 Å². The van der Waals surface area contributed by atoms with E-state index in [9.17, 15) is 9.59 Å². The van der Waals surface area contributed by atoms with Crippen molar-refractivity contribution in [1.29, 1.82) is 0 Å². The van der Waals surface area contributed by atoms with Gasteiger partial charge in [0.2, 0.25) is 0 Å². The lowest BCUT2D eigenvalue weighted by molar-refractivity contribution is -0.150. The van der Waals surface area contributed by atoms with Crippen LogP contribution in [0.25, 0.3) is 0 Å². The van der Waals surface area contributed by atoms with Gasteiger partial charge in [-0.15, -0.1) is 0 Å². The van der Waals surface area contributed by atoms with Crippen LogP contribution in [0.1, 0.15) is 51.5 Å². The molecule has 0 radical (unpaired) electrons. The van der Waals surface area contributed by atoms with Crippen molar-refractivity contribution in [2.24, 2.45) is 0 Å². The Morgan fingerprint density at radius 1 is 1.18 bits per heavy atom. The second-order valence-corrected chi connectivity index (χ2v) is 5.61. The zero-order valence-corrected chi connectivity index (χ0v) is 13.9. The molecule has 0 aliphatic carbocycles. The fourth-order valence-corrected chi connectivity index (χ4v) is 2.34. The number of ether oxygens (including phenoxy) is 1. The number of benzene rings is 1. The lowest BCUT2D eigenvalue weighted by Crippen LogP contribution is -2.49. The van der Waals surface area contributed by atoms with Gasteiger partial charge in [-0.1, -0.05) is 50.3 Å². The molecule has 0 fully saturated rings. The predicted molar refractivity (Wildman–Crippen MR) is 89.0 cm³/mol. The van der Waals surface area contributed by atoms with Gasteiger partial charge >= 0.3 is 5.97 Å². The number of unbranched alkanes of at least 4 members (excludes halogenated alkanes) is 3. The van der Waals surface area contributed by atoms with Gasteiger partial charge in [0.15, 0.2) is 11.8 Å². The van der Waals surface area contributed by atoms with Crippen LogP contribution >= 0.6 is 0 Å². The normalized spacial score (nSPS) is 13.2. The second kappa shape index (κ2) is 9.23. The Balaban J connectivity index is 2.89. The third-order valence-corrected chi connectivity index (χ3v) is 3.68. The molecule has 4 heteroatoms. The van der Waals surface area contributed by atoms with Crippen LogP contribution < -0.4 is 5.32 Å². The van der Waals surface area contributed by atoms with E-state index in [2.05, 4.69) is 12.2 Å². The van der Waals surface area contributed by atoms with E-state index in [0.29, 0.717) is 12.7 Å². The molecule has 1 atom stereocenters. The van der Waals surface area contributed by atoms with Gasteiger partial charge in [-0.2, -0.15) is 0 Å². The smallest absolute Gasteiger partial charge is 0.339 e. The standard InChI is InChI=1S/C18H27NO3/c1-4-6-7-8-13-18(14-20,17(21)22-5-2)19-16-11-9-15(3)10-12-16/h9-12,14,19H,4-8,13H2,1-3H3. The van der Waals surface area contributed by atoms with Crippen molar-refractivity contribution >= 4 is 17.9 Å². The molecule has 122 valence electrons. The highest BCUT2D eigenvalue weighted by Gasteiger charge is 2.39. The summed E-state index contributed by atoms with van der Waals surface area (Å²) in [7, 11) is 0. The number of aldehydes is 1. The minimum absolute atomic E-state index is 0.263. The van der Waals surface area contributed by atoms with E-state index in [1.165, 1.54) is 0 Å². The summed E-state index contributed by atoms with van der Waals surface area (Å²) in [5.74, 6) is -0.498. The molecular formula is C18H27NO3. The molecule has 22 heavy (non-hydrogen) atoms. The summed E-state index contributed by atoms with van der Waals surface area (Å²) in [6, 6.07) is 7.64. The topological polar surface area (TPSA) is 55.4 Å². The highest BCUT2D eigenvalue weighted by Crippen LogP contribution is 2.22. The van der Waals surface area contributed by atoms with Crippen molar-refractivity contribution in [3.8, 4) is 0 Å². The average Bonchev–Trinajstić information content (AvgIpc) is 2.52. The number of anilines is 1. The highest BCUT2D eigenvalue weighted by molar-refractivity contribution is 6.01. The molecule has 0 aromatic heterocycles. The summed E-state index contributed by atoms with van der Waals surface area (Å²) in [6.07, 6.45) is 5.16. The van der Waals surface area contributed by atoms with Gasteiger partial charge in [0.1, 0.15) is 0 Å². The number of hydrogen-bond donors (Lipinski definition) is 1. The molecule has 0 amide bonds. The van der Waals surface area contributed by atoms with Gasteiger partial charge in [-0.25, -0.2) is 4.79 Å². The Bertz CT molecular complexity index is 470. The summed E-state index contributed by atoms with van der Waals surface area (Å²) in [4.78, 5) is 24.0. The maximum atomic E-state index is 12.3. The Labute approximate surface area is 133 Å². The van der Waals surface area contributed by atoms with E-state index in [1.807, 2.05) is 31.2 Å². The van der Waals surface area contributed by atoms with Gasteiger partial charge in [0.05, 0.1) is 6.61 Å². The number of aryl methyl sites for hydroxylation is 1. The quantitative estimate of drug-likeness (QED) is 0.308. The maximum absolute atomic E-state index is 12.3. The number of rotatable bonds is 10. The lowest BCUT2D eigenvalue weighted by Gasteiger charge is -2.28. The fourth-order valence-electron chi connectivity index (χ4n) is 2.34. The van der Waals surface area contributed by atoms with Gasteiger partial charge in [0.25, 0.3) is 0 Å². The van der Waals surface area contributed by atoms with Crippen LogP contribution in [0.3, 0.4) is 0 Å². The number of nitrogens with one attached hydrogen (secondary N) is 1. The van der Waals surface area contributed by atoms with Crippen LogP contribution in [0.15, 0.2) is 24.3 Å². The van der Waals surface area contributed by atoms with Crippen LogP contribution in [-0.4, -0.2) is 24.4 Å².